The molecule has 2 amide bonds. The van der Waals surface area contributed by atoms with Crippen molar-refractivity contribution in [2.24, 2.45) is 0 Å². The number of rotatable bonds is 7. The topological polar surface area (TPSA) is 65.8 Å². The smallest absolute Gasteiger partial charge is 0.286 e. The van der Waals surface area contributed by atoms with Gasteiger partial charge in [0.05, 0.1) is 6.26 Å². The van der Waals surface area contributed by atoms with Crippen LogP contribution in [0, 0.1) is 0 Å². The molecule has 1 N–H and O–H groups in total. The Bertz CT molecular complexity index is 662. The van der Waals surface area contributed by atoms with Gasteiger partial charge < -0.3 is 14.6 Å². The number of nitrogens with one attached hydrogen (secondary N) is 1. The highest BCUT2D eigenvalue weighted by atomic mass is 32.1. The lowest BCUT2D eigenvalue weighted by atomic mass is 10.2. The zero-order valence-corrected chi connectivity index (χ0v) is 15.0. The van der Waals surface area contributed by atoms with E-state index in [4.69, 9.17) is 4.42 Å². The van der Waals surface area contributed by atoms with E-state index in [0.29, 0.717) is 25.1 Å². The normalized spacial score (nSPS) is 15.3. The fraction of sp³-hybridized carbons (Fsp3) is 0.444. The summed E-state index contributed by atoms with van der Waals surface area (Å²) in [6, 6.07) is 5.45. The maximum absolute atomic E-state index is 12.3. The van der Waals surface area contributed by atoms with Crippen molar-refractivity contribution in [2.45, 2.75) is 19.4 Å². The van der Waals surface area contributed by atoms with Crippen molar-refractivity contribution in [1.82, 2.24) is 15.1 Å². The maximum atomic E-state index is 12.3. The molecule has 2 aromatic rings. The van der Waals surface area contributed by atoms with Gasteiger partial charge in [-0.1, -0.05) is 0 Å². The SMILES string of the molecule is O=C(NCCCC(=O)N1CCN(Cc2ccsc2)CC1)c1ccco1. The third-order valence-corrected chi connectivity index (χ3v) is 5.04. The van der Waals surface area contributed by atoms with Gasteiger partial charge in [0.25, 0.3) is 5.91 Å². The van der Waals surface area contributed by atoms with Crippen LogP contribution in [0.5, 0.6) is 0 Å². The van der Waals surface area contributed by atoms with E-state index in [1.165, 1.54) is 11.8 Å². The summed E-state index contributed by atoms with van der Waals surface area (Å²) in [6.07, 6.45) is 2.57. The van der Waals surface area contributed by atoms with Crippen LogP contribution >= 0.6 is 11.3 Å². The molecule has 7 heteroatoms. The molecule has 3 heterocycles. The van der Waals surface area contributed by atoms with E-state index in [2.05, 4.69) is 27.0 Å². The lowest BCUT2D eigenvalue weighted by Gasteiger charge is -2.34. The molecule has 0 aliphatic carbocycles. The van der Waals surface area contributed by atoms with Crippen LogP contribution in [-0.4, -0.2) is 54.3 Å². The molecule has 1 aliphatic heterocycles. The molecular weight excluding hydrogens is 338 g/mol. The molecule has 2 aromatic heterocycles. The van der Waals surface area contributed by atoms with Gasteiger partial charge in [0.2, 0.25) is 5.91 Å². The highest BCUT2D eigenvalue weighted by Crippen LogP contribution is 2.12. The van der Waals surface area contributed by atoms with Crippen LogP contribution in [0.2, 0.25) is 0 Å². The van der Waals surface area contributed by atoms with Crippen LogP contribution in [0.15, 0.2) is 39.6 Å². The molecule has 1 fully saturated rings. The second kappa shape index (κ2) is 8.82. The number of hydrogen-bond donors (Lipinski definition) is 1. The first-order valence-corrected chi connectivity index (χ1v) is 9.49. The third-order valence-electron chi connectivity index (χ3n) is 4.31. The number of hydrogen-bond acceptors (Lipinski definition) is 5. The van der Waals surface area contributed by atoms with Crippen LogP contribution in [0.1, 0.15) is 29.0 Å². The lowest BCUT2D eigenvalue weighted by molar-refractivity contribution is -0.133. The van der Waals surface area contributed by atoms with Crippen LogP contribution in [0.3, 0.4) is 0 Å². The van der Waals surface area contributed by atoms with Gasteiger partial charge in [-0.3, -0.25) is 14.5 Å². The number of amides is 2. The third kappa shape index (κ3) is 5.17. The van der Waals surface area contributed by atoms with E-state index >= 15 is 0 Å². The summed E-state index contributed by atoms with van der Waals surface area (Å²) in [5, 5.41) is 7.04. The van der Waals surface area contributed by atoms with Crippen molar-refractivity contribution < 1.29 is 14.0 Å². The second-order valence-corrected chi connectivity index (χ2v) is 6.91. The Balaban J connectivity index is 1.31. The van der Waals surface area contributed by atoms with E-state index < -0.39 is 0 Å². The van der Waals surface area contributed by atoms with Crippen molar-refractivity contribution in [1.29, 1.82) is 0 Å². The minimum Gasteiger partial charge on any atom is -0.459 e. The van der Waals surface area contributed by atoms with Gasteiger partial charge in [0, 0.05) is 45.7 Å². The molecule has 6 nitrogen and oxygen atoms in total. The summed E-state index contributed by atoms with van der Waals surface area (Å²) in [5.41, 5.74) is 1.34. The van der Waals surface area contributed by atoms with Crippen LogP contribution in [-0.2, 0) is 11.3 Å². The molecule has 0 saturated carbocycles. The molecule has 1 aliphatic rings. The first kappa shape index (κ1) is 17.7. The molecule has 0 aromatic carbocycles. The van der Waals surface area contributed by atoms with E-state index in [0.717, 1.165) is 32.7 Å². The zero-order valence-electron chi connectivity index (χ0n) is 14.1. The quantitative estimate of drug-likeness (QED) is 0.768. The first-order valence-electron chi connectivity index (χ1n) is 8.55. The highest BCUT2D eigenvalue weighted by molar-refractivity contribution is 7.07. The minimum absolute atomic E-state index is 0.169. The molecule has 0 bridgehead atoms. The van der Waals surface area contributed by atoms with Gasteiger partial charge in [-0.2, -0.15) is 11.3 Å². The van der Waals surface area contributed by atoms with Gasteiger partial charge in [-0.25, -0.2) is 0 Å². The van der Waals surface area contributed by atoms with E-state index in [9.17, 15) is 9.59 Å². The molecule has 25 heavy (non-hydrogen) atoms. The summed E-state index contributed by atoms with van der Waals surface area (Å²) in [7, 11) is 0. The van der Waals surface area contributed by atoms with Gasteiger partial charge in [0.1, 0.15) is 0 Å². The van der Waals surface area contributed by atoms with Crippen molar-refractivity contribution in [3.8, 4) is 0 Å². The molecule has 0 radical (unpaired) electrons. The summed E-state index contributed by atoms with van der Waals surface area (Å²) >= 11 is 1.72. The number of carbonyl (C=O) groups excluding carboxylic acids is 2. The largest absolute Gasteiger partial charge is 0.459 e. The summed E-state index contributed by atoms with van der Waals surface area (Å²) in [6.45, 7) is 4.82. The number of furan rings is 1. The van der Waals surface area contributed by atoms with Gasteiger partial charge in [0.15, 0.2) is 5.76 Å². The predicted octanol–water partition coefficient (Wildman–Crippen LogP) is 2.20. The van der Waals surface area contributed by atoms with Gasteiger partial charge in [-0.05, 0) is 40.9 Å². The molecular formula is C18H23N3O3S. The maximum Gasteiger partial charge on any atom is 0.286 e. The summed E-state index contributed by atoms with van der Waals surface area (Å²) in [4.78, 5) is 28.3. The van der Waals surface area contributed by atoms with Crippen LogP contribution in [0.4, 0.5) is 0 Å². The standard InChI is InChI=1S/C18H23N3O3S/c22-17(4-1-6-19-18(23)16-3-2-11-24-16)21-9-7-20(8-10-21)13-15-5-12-25-14-15/h2-3,5,11-12,14H,1,4,6-10,13H2,(H,19,23). The molecule has 1 saturated heterocycles. The van der Waals surface area contributed by atoms with Gasteiger partial charge in [-0.15, -0.1) is 0 Å². The fourth-order valence-electron chi connectivity index (χ4n) is 2.89. The molecule has 0 spiro atoms. The number of thiophene rings is 1. The van der Waals surface area contributed by atoms with Crippen molar-refractivity contribution in [3.63, 3.8) is 0 Å². The highest BCUT2D eigenvalue weighted by Gasteiger charge is 2.20. The molecule has 0 unspecified atom stereocenters. The van der Waals surface area contributed by atoms with E-state index in [-0.39, 0.29) is 11.8 Å². The summed E-state index contributed by atoms with van der Waals surface area (Å²) in [5.74, 6) is 0.231. The average molecular weight is 361 g/mol. The van der Waals surface area contributed by atoms with Crippen molar-refractivity contribution in [3.05, 3.63) is 46.5 Å². The fourth-order valence-corrected chi connectivity index (χ4v) is 3.55. The second-order valence-electron chi connectivity index (χ2n) is 6.13. The van der Waals surface area contributed by atoms with Crippen molar-refractivity contribution in [2.75, 3.05) is 32.7 Å². The van der Waals surface area contributed by atoms with Crippen molar-refractivity contribution >= 4 is 23.2 Å². The summed E-state index contributed by atoms with van der Waals surface area (Å²) < 4.78 is 5.02. The Morgan fingerprint density at radius 3 is 2.72 bits per heavy atom. The monoisotopic (exact) mass is 361 g/mol. The lowest BCUT2D eigenvalue weighted by Crippen LogP contribution is -2.48. The predicted molar refractivity (Wildman–Crippen MR) is 96.5 cm³/mol. The Hall–Kier alpha value is -2.12. The average Bonchev–Trinajstić information content (AvgIpc) is 3.32. The Kier molecular flexibility index (Phi) is 6.25. The Labute approximate surface area is 151 Å². The molecule has 134 valence electrons. The van der Waals surface area contributed by atoms with Gasteiger partial charge >= 0.3 is 0 Å². The van der Waals surface area contributed by atoms with Crippen LogP contribution in [0.25, 0.3) is 0 Å². The van der Waals surface area contributed by atoms with E-state index in [1.807, 2.05) is 4.90 Å². The Morgan fingerprint density at radius 2 is 2.04 bits per heavy atom. The minimum atomic E-state index is -0.237. The first-order chi connectivity index (χ1) is 12.2. The number of piperazine rings is 1. The number of nitrogens with zero attached hydrogens (tertiary/aromatic N) is 2. The zero-order chi connectivity index (χ0) is 17.5. The molecule has 3 rings (SSSR count). The molecule has 0 atom stereocenters. The number of carbonyl (C=O) groups is 2. The van der Waals surface area contributed by atoms with Crippen LogP contribution < -0.4 is 5.32 Å². The Morgan fingerprint density at radius 1 is 1.20 bits per heavy atom. The van der Waals surface area contributed by atoms with E-state index in [1.54, 1.807) is 23.5 Å².